The molecule has 10 heteroatoms. The lowest BCUT2D eigenvalue weighted by Crippen LogP contribution is -2.27. The molecule has 1 atom stereocenters. The lowest BCUT2D eigenvalue weighted by atomic mass is 10.0. The van der Waals surface area contributed by atoms with Gasteiger partial charge in [-0.3, -0.25) is 14.4 Å². The molecule has 0 bridgehead atoms. The Balaban J connectivity index is 1.82. The van der Waals surface area contributed by atoms with Gasteiger partial charge >= 0.3 is 5.92 Å². The van der Waals surface area contributed by atoms with Crippen LogP contribution in [0.15, 0.2) is 64.6 Å². The van der Waals surface area contributed by atoms with E-state index in [1.54, 1.807) is 24.3 Å². The number of nitrogens with one attached hydrogen (secondary N) is 2. The molecule has 1 unspecified atom stereocenters. The molecular weight excluding hydrogens is 425 g/mol. The quantitative estimate of drug-likeness (QED) is 0.529. The molecule has 3 rings (SSSR count). The average molecular weight is 444 g/mol. The van der Waals surface area contributed by atoms with Gasteiger partial charge in [0, 0.05) is 28.2 Å². The number of aromatic nitrogens is 1. The van der Waals surface area contributed by atoms with Gasteiger partial charge in [0.05, 0.1) is 6.42 Å². The zero-order valence-corrected chi connectivity index (χ0v) is 16.9. The van der Waals surface area contributed by atoms with Crippen molar-refractivity contribution in [2.45, 2.75) is 25.3 Å². The van der Waals surface area contributed by atoms with Crippen molar-refractivity contribution in [2.24, 2.45) is 5.11 Å². The number of carbonyl (C=O) groups excluding carboxylic acids is 2. The zero-order valence-electron chi connectivity index (χ0n) is 16.9. The van der Waals surface area contributed by atoms with E-state index in [0.29, 0.717) is 16.6 Å². The number of amides is 2. The number of alkyl halides is 3. The summed E-state index contributed by atoms with van der Waals surface area (Å²) >= 11 is 0. The fourth-order valence-electron chi connectivity index (χ4n) is 3.24. The van der Waals surface area contributed by atoms with Crippen LogP contribution in [-0.2, 0) is 21.9 Å². The van der Waals surface area contributed by atoms with Crippen molar-refractivity contribution in [3.63, 3.8) is 0 Å². The monoisotopic (exact) mass is 444 g/mol. The van der Waals surface area contributed by atoms with Crippen LogP contribution in [-0.4, -0.2) is 23.1 Å². The molecule has 0 aliphatic heterocycles. The second-order valence-electron chi connectivity index (χ2n) is 7.18. The van der Waals surface area contributed by atoms with Gasteiger partial charge in [0.25, 0.3) is 11.5 Å². The molecule has 2 aromatic carbocycles. The zero-order chi connectivity index (χ0) is 23.5. The average Bonchev–Trinajstić information content (AvgIpc) is 2.79. The van der Waals surface area contributed by atoms with Gasteiger partial charge in [-0.05, 0) is 30.7 Å². The number of rotatable bonds is 7. The largest absolute Gasteiger partial charge is 0.325 e. The summed E-state index contributed by atoms with van der Waals surface area (Å²) in [6.45, 7) is -0.353. The fourth-order valence-corrected chi connectivity index (χ4v) is 3.24. The van der Waals surface area contributed by atoms with Gasteiger partial charge in [0.15, 0.2) is 6.67 Å². The first-order valence-corrected chi connectivity index (χ1v) is 9.56. The molecule has 0 fully saturated rings. The summed E-state index contributed by atoms with van der Waals surface area (Å²) in [4.78, 5) is 36.9. The Hall–Kier alpha value is -3.82. The Bertz CT molecular complexity index is 1240. The maximum Gasteiger partial charge on any atom is 0.301 e. The second kappa shape index (κ2) is 9.13. The third-order valence-corrected chi connectivity index (χ3v) is 5.04. The van der Waals surface area contributed by atoms with Gasteiger partial charge in [0.2, 0.25) is 5.91 Å². The highest BCUT2D eigenvalue weighted by molar-refractivity contribution is 6.02. The van der Waals surface area contributed by atoms with Gasteiger partial charge in [-0.25, -0.2) is 9.92 Å². The normalized spacial score (nSPS) is 12.4. The smallest absolute Gasteiger partial charge is 0.301 e. The van der Waals surface area contributed by atoms with Crippen molar-refractivity contribution in [3.05, 3.63) is 76.2 Å². The van der Waals surface area contributed by atoms with Crippen LogP contribution in [0.25, 0.3) is 10.8 Å². The van der Waals surface area contributed by atoms with Crippen LogP contribution >= 0.6 is 0 Å². The van der Waals surface area contributed by atoms with Crippen molar-refractivity contribution < 1.29 is 22.8 Å². The summed E-state index contributed by atoms with van der Waals surface area (Å²) in [6, 6.07) is 10.1. The minimum atomic E-state index is -3.58. The Morgan fingerprint density at radius 2 is 1.81 bits per heavy atom. The van der Waals surface area contributed by atoms with E-state index in [9.17, 15) is 27.6 Å². The summed E-state index contributed by atoms with van der Waals surface area (Å²) in [5.41, 5.74) is 6.70. The van der Waals surface area contributed by atoms with E-state index in [1.807, 2.05) is 0 Å². The van der Waals surface area contributed by atoms with Crippen molar-refractivity contribution >= 4 is 28.3 Å². The molecular formula is C22H19F3N4O3. The number of hydrogen-bond acceptors (Lipinski definition) is 4. The third kappa shape index (κ3) is 4.58. The highest BCUT2D eigenvalue weighted by atomic mass is 19.3. The Morgan fingerprint density at radius 3 is 2.44 bits per heavy atom. The molecule has 32 heavy (non-hydrogen) atoms. The summed E-state index contributed by atoms with van der Waals surface area (Å²) in [5, 5.41) is 6.23. The van der Waals surface area contributed by atoms with Gasteiger partial charge < -0.3 is 9.88 Å². The SMILES string of the molecule is CC(C(=O)N=N)n1ccc2c(NC(=O)Cc3ccc(C(F)(F)CF)cc3)cccc2c1=O. The lowest BCUT2D eigenvalue weighted by molar-refractivity contribution is -0.121. The van der Waals surface area contributed by atoms with Gasteiger partial charge in [0.1, 0.15) is 6.04 Å². The maximum absolute atomic E-state index is 13.4. The molecule has 1 aromatic heterocycles. The third-order valence-electron chi connectivity index (χ3n) is 5.04. The highest BCUT2D eigenvalue weighted by Crippen LogP contribution is 2.28. The van der Waals surface area contributed by atoms with Crippen LogP contribution in [0.1, 0.15) is 24.1 Å². The van der Waals surface area contributed by atoms with Crippen molar-refractivity contribution in [2.75, 3.05) is 12.0 Å². The van der Waals surface area contributed by atoms with Gasteiger partial charge in [-0.1, -0.05) is 30.3 Å². The first-order chi connectivity index (χ1) is 15.2. The minimum Gasteiger partial charge on any atom is -0.325 e. The first kappa shape index (κ1) is 22.9. The fraction of sp³-hybridized carbons (Fsp3) is 0.227. The molecule has 1 heterocycles. The number of carbonyl (C=O) groups is 2. The Morgan fingerprint density at radius 1 is 1.12 bits per heavy atom. The van der Waals surface area contributed by atoms with E-state index in [1.165, 1.54) is 25.3 Å². The predicted molar refractivity (Wildman–Crippen MR) is 112 cm³/mol. The maximum atomic E-state index is 13.4. The Labute approximate surface area is 180 Å². The van der Waals surface area contributed by atoms with E-state index in [-0.39, 0.29) is 11.8 Å². The van der Waals surface area contributed by atoms with Crippen LogP contribution in [0, 0.1) is 5.53 Å². The molecule has 3 aromatic rings. The molecule has 0 spiro atoms. The number of nitrogens with zero attached hydrogens (tertiary/aromatic N) is 2. The van der Waals surface area contributed by atoms with Crippen LogP contribution in [0.4, 0.5) is 18.9 Å². The van der Waals surface area contributed by atoms with E-state index in [2.05, 4.69) is 10.4 Å². The molecule has 166 valence electrons. The van der Waals surface area contributed by atoms with Crippen molar-refractivity contribution in [3.8, 4) is 0 Å². The van der Waals surface area contributed by atoms with Crippen LogP contribution < -0.4 is 10.9 Å². The molecule has 7 nitrogen and oxygen atoms in total. The van der Waals surface area contributed by atoms with Gasteiger partial charge in [-0.15, -0.1) is 5.11 Å². The van der Waals surface area contributed by atoms with Crippen LogP contribution in [0.3, 0.4) is 0 Å². The standard InChI is InChI=1S/C22H19F3N4O3/c1-13(20(31)28-26)29-10-9-16-17(21(29)32)3-2-4-18(16)27-19(30)11-14-5-7-15(8-6-14)22(24,25)12-23/h2-10,13,26H,11-12H2,1H3,(H,27,30). The minimum absolute atomic E-state index is 0.120. The lowest BCUT2D eigenvalue weighted by Gasteiger charge is -2.14. The topological polar surface area (TPSA) is 104 Å². The van der Waals surface area contributed by atoms with E-state index < -0.39 is 41.6 Å². The van der Waals surface area contributed by atoms with Crippen LogP contribution in [0.5, 0.6) is 0 Å². The summed E-state index contributed by atoms with van der Waals surface area (Å²) in [5.74, 6) is -4.79. The number of benzene rings is 2. The van der Waals surface area contributed by atoms with E-state index in [0.717, 1.165) is 16.7 Å². The van der Waals surface area contributed by atoms with Crippen molar-refractivity contribution in [1.29, 1.82) is 5.53 Å². The number of anilines is 1. The van der Waals surface area contributed by atoms with Crippen molar-refractivity contribution in [1.82, 2.24) is 4.57 Å². The summed E-state index contributed by atoms with van der Waals surface area (Å²) < 4.78 is 40.3. The number of halogens is 3. The molecule has 2 N–H and O–H groups in total. The number of pyridine rings is 1. The van der Waals surface area contributed by atoms with Crippen LogP contribution in [0.2, 0.25) is 0 Å². The molecule has 0 saturated heterocycles. The van der Waals surface area contributed by atoms with E-state index >= 15 is 0 Å². The molecule has 0 saturated carbocycles. The first-order valence-electron chi connectivity index (χ1n) is 9.56. The summed E-state index contributed by atoms with van der Waals surface area (Å²) in [6.07, 6.45) is 1.27. The summed E-state index contributed by atoms with van der Waals surface area (Å²) in [7, 11) is 0. The predicted octanol–water partition coefficient (Wildman–Crippen LogP) is 4.36. The highest BCUT2D eigenvalue weighted by Gasteiger charge is 2.31. The molecule has 2 amide bonds. The molecule has 0 aliphatic carbocycles. The molecule has 0 aliphatic rings. The number of hydrogen-bond donors (Lipinski definition) is 2. The molecule has 0 radical (unpaired) electrons. The van der Waals surface area contributed by atoms with Gasteiger partial charge in [-0.2, -0.15) is 8.78 Å². The van der Waals surface area contributed by atoms with E-state index in [4.69, 9.17) is 5.53 Å². The second-order valence-corrected chi connectivity index (χ2v) is 7.18. The Kier molecular flexibility index (Phi) is 6.52. The number of fused-ring (bicyclic) bond motifs is 1.